The maximum absolute atomic E-state index is 11.4. The molecular weight excluding hydrogens is 490 g/mol. The van der Waals surface area contributed by atoms with E-state index in [1.54, 1.807) is 11.3 Å². The van der Waals surface area contributed by atoms with E-state index in [-0.39, 0.29) is 5.41 Å². The van der Waals surface area contributed by atoms with Crippen LogP contribution in [0, 0.1) is 5.41 Å². The van der Waals surface area contributed by atoms with Gasteiger partial charge in [-0.2, -0.15) is 21.0 Å². The van der Waals surface area contributed by atoms with Crippen LogP contribution >= 0.6 is 11.3 Å². The molecule has 1 fully saturated rings. The van der Waals surface area contributed by atoms with Crippen LogP contribution in [0.4, 0.5) is 0 Å². The van der Waals surface area contributed by atoms with Crippen molar-refractivity contribution in [1.82, 2.24) is 19.6 Å². The van der Waals surface area contributed by atoms with E-state index in [2.05, 4.69) is 58.9 Å². The zero-order valence-corrected chi connectivity index (χ0v) is 21.7. The van der Waals surface area contributed by atoms with E-state index in [1.807, 2.05) is 47.3 Å². The fraction of sp³-hybridized carbons (Fsp3) is 0.161. The average Bonchev–Trinajstić information content (AvgIpc) is 3.62. The van der Waals surface area contributed by atoms with Crippen LogP contribution in [0.3, 0.4) is 0 Å². The smallest absolute Gasteiger partial charge is 0.165 e. The Morgan fingerprint density at radius 2 is 1.76 bits per heavy atom. The van der Waals surface area contributed by atoms with Gasteiger partial charge in [-0.3, -0.25) is 0 Å². The molecule has 1 saturated carbocycles. The second-order valence-electron chi connectivity index (χ2n) is 10.6. The molecule has 0 amide bonds. The van der Waals surface area contributed by atoms with E-state index in [1.165, 1.54) is 0 Å². The first kappa shape index (κ1) is 23.0. The van der Waals surface area contributed by atoms with Crippen molar-refractivity contribution in [3.63, 3.8) is 0 Å². The fourth-order valence-electron chi connectivity index (χ4n) is 5.78. The van der Waals surface area contributed by atoms with E-state index < -0.39 is 5.54 Å². The number of carbonyl (C=O) groups is 1. The number of pyridine rings is 1. The van der Waals surface area contributed by atoms with Gasteiger partial charge in [-0.05, 0) is 41.5 Å². The van der Waals surface area contributed by atoms with Crippen molar-refractivity contribution in [2.45, 2.75) is 25.3 Å². The van der Waals surface area contributed by atoms with Crippen LogP contribution in [0.1, 0.15) is 25.3 Å². The van der Waals surface area contributed by atoms with Crippen LogP contribution in [0.25, 0.3) is 50.3 Å². The molecular formula is C31H25N5OS. The summed E-state index contributed by atoms with van der Waals surface area (Å²) in [5, 5.41) is 9.91. The first-order valence-electron chi connectivity index (χ1n) is 12.6. The number of aromatic nitrogens is 4. The van der Waals surface area contributed by atoms with E-state index >= 15 is 0 Å². The van der Waals surface area contributed by atoms with Gasteiger partial charge in [-0.15, -0.1) is 0 Å². The van der Waals surface area contributed by atoms with Gasteiger partial charge in [0.2, 0.25) is 0 Å². The van der Waals surface area contributed by atoms with Crippen molar-refractivity contribution >= 4 is 34.3 Å². The first-order chi connectivity index (χ1) is 18.4. The summed E-state index contributed by atoms with van der Waals surface area (Å²) < 4.78 is 1.83. The largest absolute Gasteiger partial charge is 0.321 e. The Morgan fingerprint density at radius 1 is 0.974 bits per heavy atom. The Morgan fingerprint density at radius 3 is 2.47 bits per heavy atom. The maximum Gasteiger partial charge on any atom is 0.165 e. The molecule has 0 unspecified atom stereocenters. The Balaban J connectivity index is 1.38. The summed E-state index contributed by atoms with van der Waals surface area (Å²) in [4.78, 5) is 21.3. The third kappa shape index (κ3) is 3.66. The number of thiophene rings is 1. The standard InChI is InChI=1S/C31H25N5OS/c1-30(19-37)17-31(32,18-30)24-9-7-21(8-10-24)28-25(20-5-3-2-4-6-20)13-23-15-33-27-14-26(22-11-12-38-16-22)35-36(27)29(23)34-28/h2-16,19H,17-18,32H2,1H3/t30-,31+. The molecule has 2 N–H and O–H groups in total. The van der Waals surface area contributed by atoms with Gasteiger partial charge in [-0.1, -0.05) is 61.5 Å². The Hall–Kier alpha value is -4.20. The van der Waals surface area contributed by atoms with Crippen molar-refractivity contribution < 1.29 is 4.79 Å². The van der Waals surface area contributed by atoms with Gasteiger partial charge >= 0.3 is 0 Å². The highest BCUT2D eigenvalue weighted by Crippen LogP contribution is 2.51. The molecule has 4 heterocycles. The predicted octanol–water partition coefficient (Wildman–Crippen LogP) is 6.49. The fourth-order valence-corrected chi connectivity index (χ4v) is 6.43. The summed E-state index contributed by atoms with van der Waals surface area (Å²) in [7, 11) is 0. The lowest BCUT2D eigenvalue weighted by atomic mass is 9.57. The molecule has 7 heteroatoms. The number of hydrogen-bond acceptors (Lipinski definition) is 6. The zero-order chi connectivity index (χ0) is 25.9. The first-order valence-corrected chi connectivity index (χ1v) is 13.5. The molecule has 6 nitrogen and oxygen atoms in total. The summed E-state index contributed by atoms with van der Waals surface area (Å²) in [6, 6.07) is 24.8. The summed E-state index contributed by atoms with van der Waals surface area (Å²) in [6.45, 7) is 1.97. The van der Waals surface area contributed by atoms with Gasteiger partial charge in [0.25, 0.3) is 0 Å². The minimum absolute atomic E-state index is 0.334. The summed E-state index contributed by atoms with van der Waals surface area (Å²) in [5.41, 5.74) is 14.3. The second kappa shape index (κ2) is 8.41. The second-order valence-corrected chi connectivity index (χ2v) is 11.4. The topological polar surface area (TPSA) is 86.2 Å². The van der Waals surface area contributed by atoms with Gasteiger partial charge in [0.15, 0.2) is 11.3 Å². The minimum Gasteiger partial charge on any atom is -0.321 e. The third-order valence-electron chi connectivity index (χ3n) is 7.62. The van der Waals surface area contributed by atoms with Gasteiger partial charge in [0.05, 0.1) is 11.4 Å². The molecule has 6 aromatic rings. The normalized spacial score (nSPS) is 21.0. The molecule has 0 bridgehead atoms. The lowest BCUT2D eigenvalue weighted by Gasteiger charge is -2.50. The average molecular weight is 516 g/mol. The molecule has 1 aliphatic carbocycles. The molecule has 186 valence electrons. The quantitative estimate of drug-likeness (QED) is 0.265. The highest BCUT2D eigenvalue weighted by molar-refractivity contribution is 7.08. The Labute approximate surface area is 223 Å². The van der Waals surface area contributed by atoms with Crippen LogP contribution in [0.5, 0.6) is 0 Å². The van der Waals surface area contributed by atoms with Crippen LogP contribution in [-0.2, 0) is 10.3 Å². The van der Waals surface area contributed by atoms with Crippen molar-refractivity contribution in [1.29, 1.82) is 0 Å². The highest BCUT2D eigenvalue weighted by Gasteiger charge is 2.50. The summed E-state index contributed by atoms with van der Waals surface area (Å²) >= 11 is 1.65. The third-order valence-corrected chi connectivity index (χ3v) is 8.30. The highest BCUT2D eigenvalue weighted by atomic mass is 32.1. The molecule has 1 aliphatic rings. The molecule has 0 atom stereocenters. The van der Waals surface area contributed by atoms with Gasteiger partial charge < -0.3 is 10.5 Å². The zero-order valence-electron chi connectivity index (χ0n) is 20.8. The van der Waals surface area contributed by atoms with Crippen LogP contribution in [-0.4, -0.2) is 25.9 Å². The minimum atomic E-state index is -0.474. The number of hydrogen-bond donors (Lipinski definition) is 1. The van der Waals surface area contributed by atoms with E-state index in [4.69, 9.17) is 15.8 Å². The molecule has 0 radical (unpaired) electrons. The number of nitrogens with two attached hydrogens (primary N) is 1. The monoisotopic (exact) mass is 515 g/mol. The molecule has 2 aromatic carbocycles. The van der Waals surface area contributed by atoms with Crippen molar-refractivity contribution in [2.75, 3.05) is 0 Å². The molecule has 7 rings (SSSR count). The lowest BCUT2D eigenvalue weighted by molar-refractivity contribution is -0.123. The Kier molecular flexibility index (Phi) is 5.08. The Bertz CT molecular complexity index is 1800. The van der Waals surface area contributed by atoms with E-state index in [0.29, 0.717) is 12.8 Å². The molecule has 0 saturated heterocycles. The van der Waals surface area contributed by atoms with Crippen molar-refractivity contribution in [3.8, 4) is 33.6 Å². The van der Waals surface area contributed by atoms with Crippen LogP contribution in [0.2, 0.25) is 0 Å². The number of benzene rings is 2. The molecule has 4 aromatic heterocycles. The number of fused-ring (bicyclic) bond motifs is 3. The summed E-state index contributed by atoms with van der Waals surface area (Å²) in [5.74, 6) is 0. The lowest BCUT2D eigenvalue weighted by Crippen LogP contribution is -2.55. The number of nitrogens with zero attached hydrogens (tertiary/aromatic N) is 4. The molecule has 0 aliphatic heterocycles. The number of rotatable bonds is 5. The maximum atomic E-state index is 11.4. The SMILES string of the molecule is C[C@]1(C=O)C[C@](N)(c2ccc(-c3nc4c(cnc5cc(-c6ccsc6)nn54)cc3-c3ccccc3)cc2)C1. The van der Waals surface area contributed by atoms with Crippen LogP contribution < -0.4 is 5.73 Å². The molecule has 38 heavy (non-hydrogen) atoms. The summed E-state index contributed by atoms with van der Waals surface area (Å²) in [6.07, 6.45) is 4.22. The predicted molar refractivity (Wildman–Crippen MR) is 152 cm³/mol. The number of carbonyl (C=O) groups excluding carboxylic acids is 1. The van der Waals surface area contributed by atoms with Crippen LogP contribution in [0.15, 0.2) is 89.8 Å². The van der Waals surface area contributed by atoms with Gasteiger partial charge in [0.1, 0.15) is 6.29 Å². The van der Waals surface area contributed by atoms with Crippen molar-refractivity contribution in [2.24, 2.45) is 11.1 Å². The number of aldehydes is 1. The van der Waals surface area contributed by atoms with E-state index in [9.17, 15) is 4.79 Å². The molecule has 0 spiro atoms. The van der Waals surface area contributed by atoms with Gasteiger partial charge in [0, 0.05) is 50.7 Å². The van der Waals surface area contributed by atoms with Gasteiger partial charge in [-0.25, -0.2) is 9.97 Å². The van der Waals surface area contributed by atoms with Crippen molar-refractivity contribution in [3.05, 3.63) is 95.3 Å². The van der Waals surface area contributed by atoms with E-state index in [0.717, 1.165) is 62.2 Å².